The second kappa shape index (κ2) is 8.26. The first kappa shape index (κ1) is 20.2. The van der Waals surface area contributed by atoms with Crippen LogP contribution in [-0.2, 0) is 19.6 Å². The molecule has 0 bridgehead atoms. The summed E-state index contributed by atoms with van der Waals surface area (Å²) in [6.07, 6.45) is -2.81. The summed E-state index contributed by atoms with van der Waals surface area (Å²) < 4.78 is 40.7. The number of alkyl halides is 3. The number of hydrogen-bond donors (Lipinski definition) is 3. The maximum atomic E-state index is 13.0. The number of benzene rings is 2. The molecule has 6 nitrogen and oxygen atoms in total. The van der Waals surface area contributed by atoms with Gasteiger partial charge >= 0.3 is 12.2 Å². The summed E-state index contributed by atoms with van der Waals surface area (Å²) in [5.74, 6) is -0.501. The molecule has 0 spiro atoms. The SMILES string of the molecule is Cn1cc(C(=O)NNC(=O)NCCc2ccccc2C(F)(F)F)c2ccccc21. The van der Waals surface area contributed by atoms with Gasteiger partial charge in [-0.15, -0.1) is 0 Å². The summed E-state index contributed by atoms with van der Waals surface area (Å²) in [4.78, 5) is 24.2. The Morgan fingerprint density at radius 2 is 1.69 bits per heavy atom. The zero-order valence-electron chi connectivity index (χ0n) is 15.5. The Balaban J connectivity index is 1.53. The van der Waals surface area contributed by atoms with Crippen LogP contribution in [-0.4, -0.2) is 23.1 Å². The van der Waals surface area contributed by atoms with E-state index < -0.39 is 23.7 Å². The Hall–Kier alpha value is -3.49. The maximum Gasteiger partial charge on any atom is 0.416 e. The summed E-state index contributed by atoms with van der Waals surface area (Å²) in [5.41, 5.74) is 5.11. The van der Waals surface area contributed by atoms with Gasteiger partial charge in [-0.2, -0.15) is 13.2 Å². The fourth-order valence-electron chi connectivity index (χ4n) is 3.07. The van der Waals surface area contributed by atoms with Crippen molar-refractivity contribution in [2.75, 3.05) is 6.54 Å². The van der Waals surface area contributed by atoms with Crippen LogP contribution in [0.3, 0.4) is 0 Å². The summed E-state index contributed by atoms with van der Waals surface area (Å²) in [7, 11) is 1.80. The van der Waals surface area contributed by atoms with E-state index in [-0.39, 0.29) is 18.5 Å². The third kappa shape index (κ3) is 4.68. The lowest BCUT2D eigenvalue weighted by Gasteiger charge is -2.13. The molecule has 0 aliphatic carbocycles. The van der Waals surface area contributed by atoms with Crippen LogP contribution in [0.1, 0.15) is 21.5 Å². The highest BCUT2D eigenvalue weighted by Crippen LogP contribution is 2.31. The maximum absolute atomic E-state index is 13.0. The molecule has 152 valence electrons. The zero-order valence-corrected chi connectivity index (χ0v) is 15.5. The number of nitrogens with one attached hydrogen (secondary N) is 3. The molecular weight excluding hydrogens is 385 g/mol. The molecule has 3 rings (SSSR count). The molecule has 0 atom stereocenters. The van der Waals surface area contributed by atoms with E-state index >= 15 is 0 Å². The molecule has 2 aromatic carbocycles. The topological polar surface area (TPSA) is 75.2 Å². The van der Waals surface area contributed by atoms with Crippen molar-refractivity contribution >= 4 is 22.8 Å². The van der Waals surface area contributed by atoms with Crippen LogP contribution in [0.15, 0.2) is 54.7 Å². The molecule has 29 heavy (non-hydrogen) atoms. The van der Waals surface area contributed by atoms with E-state index in [2.05, 4.69) is 16.2 Å². The zero-order chi connectivity index (χ0) is 21.0. The molecule has 0 radical (unpaired) electrons. The third-order valence-corrected chi connectivity index (χ3v) is 4.43. The standard InChI is InChI=1S/C20H19F3N4O2/c1-27-12-15(14-7-3-5-9-17(14)27)18(28)25-26-19(29)24-11-10-13-6-2-4-8-16(13)20(21,22)23/h2-9,12H,10-11H2,1H3,(H,25,28)(H2,24,26,29). The van der Waals surface area contributed by atoms with Crippen molar-refractivity contribution in [3.05, 3.63) is 71.4 Å². The lowest BCUT2D eigenvalue weighted by molar-refractivity contribution is -0.138. The van der Waals surface area contributed by atoms with Gasteiger partial charge in [0.2, 0.25) is 0 Å². The van der Waals surface area contributed by atoms with Gasteiger partial charge in [0.25, 0.3) is 5.91 Å². The minimum atomic E-state index is -4.45. The number of carbonyl (C=O) groups excluding carboxylic acids is 2. The van der Waals surface area contributed by atoms with Gasteiger partial charge in [-0.1, -0.05) is 36.4 Å². The summed E-state index contributed by atoms with van der Waals surface area (Å²) in [5, 5.41) is 3.16. The number of carbonyl (C=O) groups is 2. The van der Waals surface area contributed by atoms with Gasteiger partial charge in [0.1, 0.15) is 0 Å². The van der Waals surface area contributed by atoms with Gasteiger partial charge in [-0.3, -0.25) is 10.2 Å². The van der Waals surface area contributed by atoms with Crippen molar-refractivity contribution < 1.29 is 22.8 Å². The molecule has 9 heteroatoms. The van der Waals surface area contributed by atoms with Gasteiger partial charge < -0.3 is 9.88 Å². The van der Waals surface area contributed by atoms with Gasteiger partial charge in [0.15, 0.2) is 0 Å². The van der Waals surface area contributed by atoms with Crippen molar-refractivity contribution in [1.82, 2.24) is 20.7 Å². The number of amides is 3. The quantitative estimate of drug-likeness (QED) is 0.583. The molecule has 0 unspecified atom stereocenters. The predicted molar refractivity (Wildman–Crippen MR) is 102 cm³/mol. The number of nitrogens with zero attached hydrogens (tertiary/aromatic N) is 1. The number of halogens is 3. The number of fused-ring (bicyclic) bond motifs is 1. The summed E-state index contributed by atoms with van der Waals surface area (Å²) in [6.45, 7) is -0.0247. The molecule has 3 amide bonds. The van der Waals surface area contributed by atoms with Crippen molar-refractivity contribution in [3.8, 4) is 0 Å². The van der Waals surface area contributed by atoms with Crippen molar-refractivity contribution in [3.63, 3.8) is 0 Å². The van der Waals surface area contributed by atoms with Crippen LogP contribution in [0.25, 0.3) is 10.9 Å². The number of aryl methyl sites for hydroxylation is 1. The van der Waals surface area contributed by atoms with E-state index in [1.54, 1.807) is 29.9 Å². The molecule has 1 aromatic heterocycles. The second-order valence-corrected chi connectivity index (χ2v) is 6.41. The Labute approximate surface area is 164 Å². The molecular formula is C20H19F3N4O2. The van der Waals surface area contributed by atoms with Crippen LogP contribution in [0.2, 0.25) is 0 Å². The van der Waals surface area contributed by atoms with Crippen molar-refractivity contribution in [2.45, 2.75) is 12.6 Å². The highest BCUT2D eigenvalue weighted by molar-refractivity contribution is 6.07. The van der Waals surface area contributed by atoms with E-state index in [0.29, 0.717) is 5.56 Å². The van der Waals surface area contributed by atoms with E-state index in [1.165, 1.54) is 18.2 Å². The van der Waals surface area contributed by atoms with Crippen LogP contribution >= 0.6 is 0 Å². The minimum Gasteiger partial charge on any atom is -0.350 e. The lowest BCUT2D eigenvalue weighted by atomic mass is 10.0. The number of rotatable bonds is 4. The number of urea groups is 1. The van der Waals surface area contributed by atoms with Crippen molar-refractivity contribution in [1.29, 1.82) is 0 Å². The highest BCUT2D eigenvalue weighted by atomic mass is 19.4. The Bertz CT molecular complexity index is 1040. The molecule has 0 aliphatic heterocycles. The highest BCUT2D eigenvalue weighted by Gasteiger charge is 2.32. The van der Waals surface area contributed by atoms with E-state index in [4.69, 9.17) is 0 Å². The largest absolute Gasteiger partial charge is 0.416 e. The molecule has 3 N–H and O–H groups in total. The smallest absolute Gasteiger partial charge is 0.350 e. The van der Waals surface area contributed by atoms with E-state index in [0.717, 1.165) is 17.0 Å². The number of hydrogen-bond acceptors (Lipinski definition) is 2. The van der Waals surface area contributed by atoms with Gasteiger partial charge in [-0.05, 0) is 24.1 Å². The summed E-state index contributed by atoms with van der Waals surface area (Å²) in [6, 6.07) is 11.8. The number of para-hydroxylation sites is 1. The monoisotopic (exact) mass is 404 g/mol. The van der Waals surface area contributed by atoms with Crippen LogP contribution in [0, 0.1) is 0 Å². The van der Waals surface area contributed by atoms with E-state index in [9.17, 15) is 22.8 Å². The van der Waals surface area contributed by atoms with E-state index in [1.807, 2.05) is 12.1 Å². The number of aromatic nitrogens is 1. The van der Waals surface area contributed by atoms with Crippen LogP contribution in [0.5, 0.6) is 0 Å². The molecule has 0 saturated heterocycles. The Morgan fingerprint density at radius 1 is 1.00 bits per heavy atom. The first-order valence-corrected chi connectivity index (χ1v) is 8.80. The molecule has 1 heterocycles. The lowest BCUT2D eigenvalue weighted by Crippen LogP contribution is -2.47. The van der Waals surface area contributed by atoms with Gasteiger partial charge in [0, 0.05) is 30.7 Å². The first-order valence-electron chi connectivity index (χ1n) is 8.80. The first-order chi connectivity index (χ1) is 13.8. The fraction of sp³-hybridized carbons (Fsp3) is 0.200. The van der Waals surface area contributed by atoms with Crippen molar-refractivity contribution in [2.24, 2.45) is 7.05 Å². The number of hydrazine groups is 1. The molecule has 0 saturated carbocycles. The average Bonchev–Trinajstić information content (AvgIpc) is 3.03. The minimum absolute atomic E-state index is 0.000370. The second-order valence-electron chi connectivity index (χ2n) is 6.41. The predicted octanol–water partition coefficient (Wildman–Crippen LogP) is 3.38. The molecule has 3 aromatic rings. The average molecular weight is 404 g/mol. The van der Waals surface area contributed by atoms with Gasteiger partial charge in [0.05, 0.1) is 11.1 Å². The van der Waals surface area contributed by atoms with Crippen LogP contribution < -0.4 is 16.2 Å². The van der Waals surface area contributed by atoms with Gasteiger partial charge in [-0.25, -0.2) is 10.2 Å². The Morgan fingerprint density at radius 3 is 2.45 bits per heavy atom. The van der Waals surface area contributed by atoms with Crippen LogP contribution in [0.4, 0.5) is 18.0 Å². The molecule has 0 fully saturated rings. The summed E-state index contributed by atoms with van der Waals surface area (Å²) >= 11 is 0. The fourth-order valence-corrected chi connectivity index (χ4v) is 3.07. The third-order valence-electron chi connectivity index (χ3n) is 4.43. The Kier molecular flexibility index (Phi) is 5.76. The molecule has 0 aliphatic rings. The normalized spacial score (nSPS) is 11.3.